The van der Waals surface area contributed by atoms with Gasteiger partial charge in [-0.15, -0.1) is 0 Å². The Morgan fingerprint density at radius 1 is 1.11 bits per heavy atom. The zero-order valence-electron chi connectivity index (χ0n) is 10.2. The van der Waals surface area contributed by atoms with E-state index in [-0.39, 0.29) is 25.6 Å². The molecule has 1 rings (SSSR count). The molecule has 0 radical (unpaired) electrons. The second-order valence-corrected chi connectivity index (χ2v) is 4.45. The second-order valence-electron chi connectivity index (χ2n) is 4.45. The van der Waals surface area contributed by atoms with E-state index >= 15 is 0 Å². The quantitative estimate of drug-likeness (QED) is 0.752. The first kappa shape index (κ1) is 15.2. The van der Waals surface area contributed by atoms with Crippen LogP contribution in [-0.2, 0) is 4.79 Å². The van der Waals surface area contributed by atoms with Crippen LogP contribution in [0.25, 0.3) is 0 Å². The number of unbranched alkanes of at least 4 members (excludes halogenated alkanes) is 1. The molecule has 1 N–H and O–H groups in total. The van der Waals surface area contributed by atoms with E-state index in [1.807, 2.05) is 0 Å². The molecule has 0 aromatic carbocycles. The summed E-state index contributed by atoms with van der Waals surface area (Å²) < 4.78 is 36.5. The monoisotopic (exact) mass is 268 g/mol. The zero-order chi connectivity index (χ0) is 13.6. The minimum Gasteiger partial charge on any atom is -0.396 e. The van der Waals surface area contributed by atoms with E-state index in [2.05, 4.69) is 0 Å². The Labute approximate surface area is 104 Å². The lowest BCUT2D eigenvalue weighted by molar-refractivity contribution is -0.151. The summed E-state index contributed by atoms with van der Waals surface area (Å²) in [6, 6.07) is 0. The number of hydrogen-bond donors (Lipinski definition) is 1. The van der Waals surface area contributed by atoms with Gasteiger partial charge in [0.1, 0.15) is 0 Å². The van der Waals surface area contributed by atoms with E-state index in [0.717, 1.165) is 0 Å². The molecule has 0 spiro atoms. The molecule has 1 aliphatic heterocycles. The number of aliphatic hydroxyl groups excluding tert-OH is 1. The molecular weight excluding hydrogens is 249 g/mol. The lowest BCUT2D eigenvalue weighted by atomic mass is 10.2. The number of amides is 1. The Balaban J connectivity index is 2.24. The van der Waals surface area contributed by atoms with Gasteiger partial charge in [-0.25, -0.2) is 0 Å². The molecule has 0 aliphatic carbocycles. The summed E-state index contributed by atoms with van der Waals surface area (Å²) in [6.07, 6.45) is -2.61. The minimum atomic E-state index is -4.17. The molecule has 0 aromatic heterocycles. The van der Waals surface area contributed by atoms with Crippen LogP contribution in [0.4, 0.5) is 13.2 Å². The maximum absolute atomic E-state index is 12.2. The third-order valence-corrected chi connectivity index (χ3v) is 2.93. The van der Waals surface area contributed by atoms with Crippen LogP contribution in [0.5, 0.6) is 0 Å². The number of carbonyl (C=O) groups excluding carboxylic acids is 1. The van der Waals surface area contributed by atoms with Gasteiger partial charge in [0.2, 0.25) is 5.91 Å². The molecule has 4 nitrogen and oxygen atoms in total. The fraction of sp³-hybridized carbons (Fsp3) is 0.909. The Hall–Kier alpha value is -0.820. The average molecular weight is 268 g/mol. The van der Waals surface area contributed by atoms with Gasteiger partial charge in [-0.2, -0.15) is 13.2 Å². The van der Waals surface area contributed by atoms with Crippen LogP contribution in [-0.4, -0.2) is 66.3 Å². The SMILES string of the molecule is O=C(CCCCO)N1CCN(CC(F)(F)F)CC1. The Bertz CT molecular complexity index is 264. The van der Waals surface area contributed by atoms with Crippen LogP contribution in [0, 0.1) is 0 Å². The molecule has 18 heavy (non-hydrogen) atoms. The number of halogens is 3. The summed E-state index contributed by atoms with van der Waals surface area (Å²) in [5.41, 5.74) is 0. The van der Waals surface area contributed by atoms with E-state index in [0.29, 0.717) is 32.4 Å². The second kappa shape index (κ2) is 6.94. The molecule has 0 atom stereocenters. The van der Waals surface area contributed by atoms with E-state index in [9.17, 15) is 18.0 Å². The molecule has 106 valence electrons. The van der Waals surface area contributed by atoms with Crippen molar-refractivity contribution in [2.45, 2.75) is 25.4 Å². The van der Waals surface area contributed by atoms with Crippen LogP contribution in [0.3, 0.4) is 0 Å². The highest BCUT2D eigenvalue weighted by Gasteiger charge is 2.32. The van der Waals surface area contributed by atoms with Gasteiger partial charge in [0.05, 0.1) is 6.54 Å². The molecule has 1 aliphatic rings. The normalized spacial score (nSPS) is 18.1. The summed E-state index contributed by atoms with van der Waals surface area (Å²) in [5.74, 6) is -0.0323. The first-order valence-electron chi connectivity index (χ1n) is 6.10. The van der Waals surface area contributed by atoms with Crippen molar-refractivity contribution in [3.8, 4) is 0 Å². The van der Waals surface area contributed by atoms with Gasteiger partial charge in [0.25, 0.3) is 0 Å². The molecule has 1 amide bonds. The number of nitrogens with zero attached hydrogens (tertiary/aromatic N) is 2. The number of hydrogen-bond acceptors (Lipinski definition) is 3. The number of carbonyl (C=O) groups is 1. The summed E-state index contributed by atoms with van der Waals surface area (Å²) in [5, 5.41) is 8.59. The highest BCUT2D eigenvalue weighted by atomic mass is 19.4. The highest BCUT2D eigenvalue weighted by molar-refractivity contribution is 5.76. The number of aliphatic hydroxyl groups is 1. The molecule has 1 heterocycles. The van der Waals surface area contributed by atoms with Crippen molar-refractivity contribution in [2.24, 2.45) is 0 Å². The van der Waals surface area contributed by atoms with Gasteiger partial charge in [0, 0.05) is 39.2 Å². The van der Waals surface area contributed by atoms with Gasteiger partial charge < -0.3 is 10.0 Å². The van der Waals surface area contributed by atoms with Crippen molar-refractivity contribution in [1.29, 1.82) is 0 Å². The third-order valence-electron chi connectivity index (χ3n) is 2.93. The van der Waals surface area contributed by atoms with E-state index < -0.39 is 12.7 Å². The van der Waals surface area contributed by atoms with Crippen molar-refractivity contribution < 1.29 is 23.1 Å². The molecule has 1 fully saturated rings. The standard InChI is InChI=1S/C11H19F3N2O2/c12-11(13,14)9-15-4-6-16(7-5-15)10(18)3-1-2-8-17/h17H,1-9H2. The number of rotatable bonds is 5. The van der Waals surface area contributed by atoms with Crippen molar-refractivity contribution in [1.82, 2.24) is 9.80 Å². The van der Waals surface area contributed by atoms with E-state index in [1.165, 1.54) is 4.90 Å². The van der Waals surface area contributed by atoms with E-state index in [4.69, 9.17) is 5.11 Å². The summed E-state index contributed by atoms with van der Waals surface area (Å²) >= 11 is 0. The highest BCUT2D eigenvalue weighted by Crippen LogP contribution is 2.17. The van der Waals surface area contributed by atoms with Crippen molar-refractivity contribution in [3.63, 3.8) is 0 Å². The molecular formula is C11H19F3N2O2. The van der Waals surface area contributed by atoms with Gasteiger partial charge in [-0.3, -0.25) is 9.69 Å². The summed E-state index contributed by atoms with van der Waals surface area (Å²) in [7, 11) is 0. The number of piperazine rings is 1. The van der Waals surface area contributed by atoms with Gasteiger partial charge in [0.15, 0.2) is 0 Å². The van der Waals surface area contributed by atoms with Gasteiger partial charge in [-0.1, -0.05) is 0 Å². The van der Waals surface area contributed by atoms with Crippen LogP contribution in [0.15, 0.2) is 0 Å². The van der Waals surface area contributed by atoms with Crippen LogP contribution >= 0.6 is 0 Å². The maximum Gasteiger partial charge on any atom is 0.401 e. The molecule has 0 aromatic rings. The molecule has 0 saturated carbocycles. The lowest BCUT2D eigenvalue weighted by Gasteiger charge is -2.35. The fourth-order valence-corrected chi connectivity index (χ4v) is 1.96. The first-order valence-corrected chi connectivity index (χ1v) is 6.10. The average Bonchev–Trinajstić information content (AvgIpc) is 2.28. The summed E-state index contributed by atoms with van der Waals surface area (Å²) in [6.45, 7) is 0.407. The van der Waals surface area contributed by atoms with Crippen LogP contribution in [0.2, 0.25) is 0 Å². The smallest absolute Gasteiger partial charge is 0.396 e. The van der Waals surface area contributed by atoms with Crippen molar-refractivity contribution in [2.75, 3.05) is 39.3 Å². The Morgan fingerprint density at radius 3 is 2.22 bits per heavy atom. The Morgan fingerprint density at radius 2 is 1.72 bits per heavy atom. The first-order chi connectivity index (χ1) is 8.42. The predicted octanol–water partition coefficient (Wildman–Crippen LogP) is 0.855. The van der Waals surface area contributed by atoms with Crippen molar-refractivity contribution in [3.05, 3.63) is 0 Å². The summed E-state index contributed by atoms with van der Waals surface area (Å²) in [4.78, 5) is 14.6. The Kier molecular flexibility index (Phi) is 5.87. The molecule has 0 bridgehead atoms. The van der Waals surface area contributed by atoms with Crippen LogP contribution < -0.4 is 0 Å². The largest absolute Gasteiger partial charge is 0.401 e. The van der Waals surface area contributed by atoms with Crippen LogP contribution in [0.1, 0.15) is 19.3 Å². The topological polar surface area (TPSA) is 43.8 Å². The molecule has 7 heteroatoms. The maximum atomic E-state index is 12.2. The number of alkyl halides is 3. The lowest BCUT2D eigenvalue weighted by Crippen LogP contribution is -2.50. The molecule has 1 saturated heterocycles. The zero-order valence-corrected chi connectivity index (χ0v) is 10.2. The third kappa shape index (κ3) is 5.68. The minimum absolute atomic E-state index is 0.0323. The van der Waals surface area contributed by atoms with Gasteiger partial charge >= 0.3 is 6.18 Å². The van der Waals surface area contributed by atoms with Gasteiger partial charge in [-0.05, 0) is 12.8 Å². The predicted molar refractivity (Wildman–Crippen MR) is 60.0 cm³/mol. The fourth-order valence-electron chi connectivity index (χ4n) is 1.96. The van der Waals surface area contributed by atoms with Crippen molar-refractivity contribution >= 4 is 5.91 Å². The molecule has 0 unspecified atom stereocenters. The van der Waals surface area contributed by atoms with E-state index in [1.54, 1.807) is 4.90 Å².